The van der Waals surface area contributed by atoms with Crippen LogP contribution in [0.5, 0.6) is 0 Å². The average molecular weight is 341 g/mol. The van der Waals surface area contributed by atoms with Crippen LogP contribution in [0.3, 0.4) is 0 Å². The lowest BCUT2D eigenvalue weighted by Gasteiger charge is -2.32. The van der Waals surface area contributed by atoms with Crippen LogP contribution in [0.2, 0.25) is 0 Å². The van der Waals surface area contributed by atoms with Gasteiger partial charge in [0.05, 0.1) is 6.10 Å². The maximum atomic E-state index is 10.0. The third-order valence-electron chi connectivity index (χ3n) is 5.72. The fourth-order valence-electron chi connectivity index (χ4n) is 3.70. The van der Waals surface area contributed by atoms with Crippen molar-refractivity contribution in [1.82, 2.24) is 10.2 Å². The first-order valence-electron chi connectivity index (χ1n) is 10.8. The van der Waals surface area contributed by atoms with Gasteiger partial charge in [0.15, 0.2) is 0 Å². The predicted molar refractivity (Wildman–Crippen MR) is 105 cm³/mol. The first kappa shape index (κ1) is 21.9. The van der Waals surface area contributed by atoms with Crippen LogP contribution in [0.4, 0.5) is 0 Å². The Balaban J connectivity index is 1.97. The van der Waals surface area contributed by atoms with E-state index in [1.165, 1.54) is 71.0 Å². The summed E-state index contributed by atoms with van der Waals surface area (Å²) in [7, 11) is 0. The minimum Gasteiger partial charge on any atom is -0.392 e. The molecule has 3 nitrogen and oxygen atoms in total. The van der Waals surface area contributed by atoms with Gasteiger partial charge in [-0.1, -0.05) is 59.3 Å². The van der Waals surface area contributed by atoms with Crippen LogP contribution in [0, 0.1) is 11.8 Å². The zero-order valence-electron chi connectivity index (χ0n) is 16.7. The lowest BCUT2D eigenvalue weighted by atomic mass is 9.96. The Morgan fingerprint density at radius 3 is 2.38 bits per heavy atom. The summed E-state index contributed by atoms with van der Waals surface area (Å²) in [5.74, 6) is 1.44. The number of nitrogens with zero attached hydrogens (tertiary/aromatic N) is 1. The Morgan fingerprint density at radius 1 is 1.04 bits per heavy atom. The van der Waals surface area contributed by atoms with Crippen LogP contribution in [0.1, 0.15) is 85.0 Å². The number of nitrogens with one attached hydrogen (secondary N) is 1. The Labute approximate surface area is 151 Å². The lowest BCUT2D eigenvalue weighted by Crippen LogP contribution is -2.39. The van der Waals surface area contributed by atoms with Gasteiger partial charge >= 0.3 is 0 Å². The van der Waals surface area contributed by atoms with Gasteiger partial charge in [-0.25, -0.2) is 0 Å². The summed E-state index contributed by atoms with van der Waals surface area (Å²) in [4.78, 5) is 2.66. The highest BCUT2D eigenvalue weighted by Gasteiger charge is 2.19. The SMILES string of the molecule is CCCCCCCCN1CCC(CNC[C@H](O)CC(C)CC)CC1. The summed E-state index contributed by atoms with van der Waals surface area (Å²) in [5.41, 5.74) is 0. The first-order chi connectivity index (χ1) is 11.7. The van der Waals surface area contributed by atoms with Crippen molar-refractivity contribution < 1.29 is 5.11 Å². The smallest absolute Gasteiger partial charge is 0.0667 e. The van der Waals surface area contributed by atoms with Crippen molar-refractivity contribution in [2.24, 2.45) is 11.8 Å². The first-order valence-corrected chi connectivity index (χ1v) is 10.8. The summed E-state index contributed by atoms with van der Waals surface area (Å²) in [6.07, 6.45) is 13.0. The maximum absolute atomic E-state index is 10.0. The molecule has 0 bridgehead atoms. The second kappa shape index (κ2) is 14.1. The number of aliphatic hydroxyl groups is 1. The van der Waals surface area contributed by atoms with Crippen LogP contribution in [0.15, 0.2) is 0 Å². The van der Waals surface area contributed by atoms with Gasteiger partial charge in [-0.2, -0.15) is 0 Å². The van der Waals surface area contributed by atoms with E-state index in [1.807, 2.05) is 0 Å². The molecule has 1 aliphatic heterocycles. The molecule has 1 fully saturated rings. The largest absolute Gasteiger partial charge is 0.392 e. The highest BCUT2D eigenvalue weighted by Crippen LogP contribution is 2.17. The van der Waals surface area contributed by atoms with Crippen LogP contribution >= 0.6 is 0 Å². The molecule has 2 N–H and O–H groups in total. The molecule has 0 aliphatic carbocycles. The molecule has 1 saturated heterocycles. The summed E-state index contributed by atoms with van der Waals surface area (Å²) >= 11 is 0. The fourth-order valence-corrected chi connectivity index (χ4v) is 3.70. The predicted octanol–water partition coefficient (Wildman–Crippen LogP) is 4.45. The van der Waals surface area contributed by atoms with Crippen molar-refractivity contribution in [3.05, 3.63) is 0 Å². The quantitative estimate of drug-likeness (QED) is 0.459. The third-order valence-corrected chi connectivity index (χ3v) is 5.72. The molecule has 1 heterocycles. The van der Waals surface area contributed by atoms with E-state index in [-0.39, 0.29) is 6.10 Å². The van der Waals surface area contributed by atoms with Crippen molar-refractivity contribution in [3.8, 4) is 0 Å². The lowest BCUT2D eigenvalue weighted by molar-refractivity contribution is 0.135. The van der Waals surface area contributed by atoms with E-state index in [4.69, 9.17) is 0 Å². The van der Waals surface area contributed by atoms with Gasteiger partial charge in [0.2, 0.25) is 0 Å². The minimum absolute atomic E-state index is 0.173. The molecular formula is C21H44N2O. The zero-order chi connectivity index (χ0) is 17.6. The highest BCUT2D eigenvalue weighted by molar-refractivity contribution is 4.75. The van der Waals surface area contributed by atoms with Gasteiger partial charge in [-0.3, -0.25) is 0 Å². The summed E-state index contributed by atoms with van der Waals surface area (Å²) in [6, 6.07) is 0. The molecule has 0 spiro atoms. The van der Waals surface area contributed by atoms with Crippen molar-refractivity contribution >= 4 is 0 Å². The monoisotopic (exact) mass is 340 g/mol. The number of hydrogen-bond donors (Lipinski definition) is 2. The molecule has 1 unspecified atom stereocenters. The van der Waals surface area contributed by atoms with Crippen LogP contribution in [0.25, 0.3) is 0 Å². The molecule has 1 rings (SSSR count). The average Bonchev–Trinajstić information content (AvgIpc) is 2.59. The zero-order valence-corrected chi connectivity index (χ0v) is 16.7. The number of aliphatic hydroxyl groups excluding tert-OH is 1. The van der Waals surface area contributed by atoms with Gasteiger partial charge in [-0.15, -0.1) is 0 Å². The molecule has 0 aromatic heterocycles. The van der Waals surface area contributed by atoms with E-state index < -0.39 is 0 Å². The van der Waals surface area contributed by atoms with Gasteiger partial charge in [0.1, 0.15) is 0 Å². The number of likely N-dealkylation sites (tertiary alicyclic amines) is 1. The minimum atomic E-state index is -0.173. The highest BCUT2D eigenvalue weighted by atomic mass is 16.3. The molecule has 2 atom stereocenters. The normalized spacial score (nSPS) is 19.5. The van der Waals surface area contributed by atoms with Crippen molar-refractivity contribution in [1.29, 1.82) is 0 Å². The van der Waals surface area contributed by atoms with Gasteiger partial charge < -0.3 is 15.3 Å². The summed E-state index contributed by atoms with van der Waals surface area (Å²) < 4.78 is 0. The van der Waals surface area contributed by atoms with Crippen molar-refractivity contribution in [3.63, 3.8) is 0 Å². The van der Waals surface area contributed by atoms with Crippen LogP contribution < -0.4 is 5.32 Å². The summed E-state index contributed by atoms with van der Waals surface area (Å²) in [5, 5.41) is 13.5. The van der Waals surface area contributed by atoms with Gasteiger partial charge in [0, 0.05) is 6.54 Å². The van der Waals surface area contributed by atoms with E-state index in [0.717, 1.165) is 31.8 Å². The molecule has 0 radical (unpaired) electrons. The van der Waals surface area contributed by atoms with Crippen LogP contribution in [-0.2, 0) is 0 Å². The van der Waals surface area contributed by atoms with E-state index in [2.05, 4.69) is 31.0 Å². The molecule has 0 aromatic carbocycles. The Bertz CT molecular complexity index is 277. The van der Waals surface area contributed by atoms with Gasteiger partial charge in [-0.05, 0) is 63.7 Å². The molecule has 0 amide bonds. The number of rotatable bonds is 14. The van der Waals surface area contributed by atoms with Crippen molar-refractivity contribution in [2.75, 3.05) is 32.7 Å². The second-order valence-corrected chi connectivity index (χ2v) is 8.11. The number of hydrogen-bond acceptors (Lipinski definition) is 3. The molecule has 1 aliphatic rings. The maximum Gasteiger partial charge on any atom is 0.0667 e. The molecule has 3 heteroatoms. The number of unbranched alkanes of at least 4 members (excludes halogenated alkanes) is 5. The van der Waals surface area contributed by atoms with E-state index in [1.54, 1.807) is 0 Å². The van der Waals surface area contributed by atoms with E-state index in [0.29, 0.717) is 5.92 Å². The molecule has 144 valence electrons. The Hall–Kier alpha value is -0.120. The van der Waals surface area contributed by atoms with Gasteiger partial charge in [0.25, 0.3) is 0 Å². The second-order valence-electron chi connectivity index (χ2n) is 8.11. The Morgan fingerprint density at radius 2 is 1.71 bits per heavy atom. The number of piperidine rings is 1. The Kier molecular flexibility index (Phi) is 12.9. The third kappa shape index (κ3) is 10.7. The standard InChI is InChI=1S/C21H44N2O/c1-4-6-7-8-9-10-13-23-14-11-20(12-15-23)17-22-18-21(24)16-19(3)5-2/h19-22,24H,4-18H2,1-3H3/t19?,21-/m1/s1. The van der Waals surface area contributed by atoms with Crippen molar-refractivity contribution in [2.45, 2.75) is 91.1 Å². The molecular weight excluding hydrogens is 296 g/mol. The van der Waals surface area contributed by atoms with E-state index in [9.17, 15) is 5.11 Å². The molecule has 0 aromatic rings. The topological polar surface area (TPSA) is 35.5 Å². The van der Waals surface area contributed by atoms with Crippen LogP contribution in [-0.4, -0.2) is 48.8 Å². The summed E-state index contributed by atoms with van der Waals surface area (Å²) in [6.45, 7) is 12.4. The van der Waals surface area contributed by atoms with E-state index >= 15 is 0 Å². The molecule has 0 saturated carbocycles. The fraction of sp³-hybridized carbons (Fsp3) is 1.00. The molecule has 24 heavy (non-hydrogen) atoms.